The minimum Gasteiger partial charge on any atom is -0.394 e. The lowest BCUT2D eigenvalue weighted by Crippen LogP contribution is -2.67. The lowest BCUT2D eigenvalue weighted by atomic mass is 9.47. The molecule has 10 aliphatic rings. The van der Waals surface area contributed by atoms with Crippen LogP contribution in [0.4, 0.5) is 0 Å². The van der Waals surface area contributed by atoms with Crippen molar-refractivity contribution in [2.75, 3.05) is 19.8 Å². The Morgan fingerprint density at radius 2 is 1.12 bits per heavy atom. The average Bonchev–Trinajstić information content (AvgIpc) is 2.29. The molecule has 0 aromatic heterocycles. The molecular formula is C57H94O26. The molecular weight excluding hydrogens is 1100 g/mol. The monoisotopic (exact) mass is 1190 g/mol. The van der Waals surface area contributed by atoms with E-state index in [1.54, 1.807) is 0 Å². The highest BCUT2D eigenvalue weighted by atomic mass is 16.8. The maximum Gasteiger partial charge on any atom is 0.187 e. The van der Waals surface area contributed by atoms with Crippen molar-refractivity contribution in [3.8, 4) is 0 Å². The number of aliphatic hydroxyl groups is 15. The van der Waals surface area contributed by atoms with Crippen LogP contribution < -0.4 is 0 Å². The highest BCUT2D eigenvalue weighted by Gasteiger charge is 2.68. The van der Waals surface area contributed by atoms with Crippen LogP contribution in [-0.4, -0.2) is 268 Å². The van der Waals surface area contributed by atoms with Crippen LogP contribution in [0.1, 0.15) is 106 Å². The topological polar surface area (TPSA) is 405 Å². The Balaban J connectivity index is 0.786. The first-order valence-corrected chi connectivity index (χ1v) is 30.1. The Morgan fingerprint density at radius 1 is 0.566 bits per heavy atom. The van der Waals surface area contributed by atoms with Crippen molar-refractivity contribution in [3.05, 3.63) is 11.6 Å². The normalized spacial score (nSPS) is 55.9. The van der Waals surface area contributed by atoms with Gasteiger partial charge in [-0.05, 0) is 113 Å². The quantitative estimate of drug-likeness (QED) is 0.0680. The van der Waals surface area contributed by atoms with Crippen LogP contribution >= 0.6 is 0 Å². The van der Waals surface area contributed by atoms with E-state index in [1.807, 2.05) is 6.92 Å². The lowest BCUT2D eigenvalue weighted by molar-refractivity contribution is -0.394. The first-order chi connectivity index (χ1) is 39.2. The van der Waals surface area contributed by atoms with E-state index in [4.69, 9.17) is 52.1 Å². The Labute approximate surface area is 483 Å². The minimum absolute atomic E-state index is 0.0864. The van der Waals surface area contributed by atoms with Gasteiger partial charge in [-0.3, -0.25) is 0 Å². The van der Waals surface area contributed by atoms with Crippen molar-refractivity contribution in [2.45, 2.75) is 278 Å². The summed E-state index contributed by atoms with van der Waals surface area (Å²) >= 11 is 0. The second kappa shape index (κ2) is 25.2. The fourth-order valence-electron chi connectivity index (χ4n) is 16.4. The molecule has 83 heavy (non-hydrogen) atoms. The molecule has 6 saturated heterocycles. The smallest absolute Gasteiger partial charge is 0.187 e. The van der Waals surface area contributed by atoms with E-state index in [1.165, 1.54) is 26.3 Å². The molecule has 6 aliphatic heterocycles. The number of aliphatic hydroxyl groups excluding tert-OH is 14. The van der Waals surface area contributed by atoms with Gasteiger partial charge in [-0.1, -0.05) is 39.3 Å². The largest absolute Gasteiger partial charge is 0.394 e. The summed E-state index contributed by atoms with van der Waals surface area (Å²) in [5, 5.41) is 162. The zero-order chi connectivity index (χ0) is 60.1. The predicted octanol–water partition coefficient (Wildman–Crippen LogP) is -3.13. The highest BCUT2D eigenvalue weighted by molar-refractivity contribution is 5.26. The van der Waals surface area contributed by atoms with Crippen LogP contribution in [0.3, 0.4) is 0 Å². The molecule has 3 saturated carbocycles. The van der Waals surface area contributed by atoms with Crippen LogP contribution in [0.25, 0.3) is 0 Å². The molecule has 0 radical (unpaired) electrons. The van der Waals surface area contributed by atoms with E-state index in [0.717, 1.165) is 32.1 Å². The molecule has 0 aromatic carbocycles. The molecule has 26 heteroatoms. The SMILES string of the molecule is CC(CC[C@@]1(O)OC2CC3C4CC=C5CC(O[C@@H]6O[C@H](CO)[C@@H](O[C@@H]7O[C@@H](C)[C@H](O[C@@H]8O[C@@H](C)[C@H](O)[C@@H](O)[C@H]8O)[C@@H](O)[C@H]7O)[C@H](O)[C@H]6O[C@@H]6O[C@@H](C)[C@H](O)[C@@H](O)[C@H]6O)CCC5(C)C4CCC3(C)C2C1C)CO[C@@H]1O[C@H](CO)[C@@H](O)[C@H](O)[C@H]1O. The van der Waals surface area contributed by atoms with E-state index < -0.39 is 179 Å². The van der Waals surface area contributed by atoms with E-state index in [2.05, 4.69) is 26.8 Å². The zero-order valence-corrected chi connectivity index (χ0v) is 48.3. The summed E-state index contributed by atoms with van der Waals surface area (Å²) in [6.45, 7) is 12.0. The number of hydrogen-bond donors (Lipinski definition) is 15. The van der Waals surface area contributed by atoms with Crippen molar-refractivity contribution >= 4 is 0 Å². The van der Waals surface area contributed by atoms with E-state index in [9.17, 15) is 76.6 Å². The van der Waals surface area contributed by atoms with Crippen LogP contribution in [0.15, 0.2) is 11.6 Å². The first-order valence-electron chi connectivity index (χ1n) is 30.1. The van der Waals surface area contributed by atoms with Gasteiger partial charge in [0.25, 0.3) is 0 Å². The molecule has 10 unspecified atom stereocenters. The molecule has 0 aromatic rings. The van der Waals surface area contributed by atoms with Gasteiger partial charge < -0.3 is 129 Å². The zero-order valence-electron chi connectivity index (χ0n) is 48.3. The summed E-state index contributed by atoms with van der Waals surface area (Å²) in [4.78, 5) is 0. The fourth-order valence-corrected chi connectivity index (χ4v) is 16.4. The molecule has 478 valence electrons. The van der Waals surface area contributed by atoms with Gasteiger partial charge >= 0.3 is 0 Å². The van der Waals surface area contributed by atoms with Gasteiger partial charge in [-0.25, -0.2) is 0 Å². The van der Waals surface area contributed by atoms with Gasteiger partial charge in [-0.2, -0.15) is 0 Å². The summed E-state index contributed by atoms with van der Waals surface area (Å²) in [6.07, 6.45) is -29.2. The molecule has 9 fully saturated rings. The number of ether oxygens (including phenoxy) is 11. The number of rotatable bonds is 16. The molecule has 4 aliphatic carbocycles. The van der Waals surface area contributed by atoms with Crippen molar-refractivity contribution in [1.29, 1.82) is 0 Å². The van der Waals surface area contributed by atoms with Gasteiger partial charge in [0.2, 0.25) is 0 Å². The third-order valence-electron chi connectivity index (χ3n) is 21.5. The molecule has 0 bridgehead atoms. The summed E-state index contributed by atoms with van der Waals surface area (Å²) in [5.74, 6) is -0.409. The van der Waals surface area contributed by atoms with Gasteiger partial charge in [-0.15, -0.1) is 0 Å². The second-order valence-electron chi connectivity index (χ2n) is 26.6. The van der Waals surface area contributed by atoms with Crippen molar-refractivity contribution in [1.82, 2.24) is 0 Å². The van der Waals surface area contributed by atoms with Crippen molar-refractivity contribution in [3.63, 3.8) is 0 Å². The average molecular weight is 1200 g/mol. The fraction of sp³-hybridized carbons (Fsp3) is 0.965. The first kappa shape index (κ1) is 64.7. The van der Waals surface area contributed by atoms with E-state index in [-0.39, 0.29) is 41.3 Å². The van der Waals surface area contributed by atoms with Crippen molar-refractivity contribution in [2.24, 2.45) is 46.3 Å². The van der Waals surface area contributed by atoms with Crippen molar-refractivity contribution < 1.29 is 129 Å². The summed E-state index contributed by atoms with van der Waals surface area (Å²) < 4.78 is 66.7. The van der Waals surface area contributed by atoms with Gasteiger partial charge in [0.1, 0.15) is 104 Å². The molecule has 10 rings (SSSR count). The van der Waals surface area contributed by atoms with Gasteiger partial charge in [0, 0.05) is 12.3 Å². The van der Waals surface area contributed by atoms with E-state index in [0.29, 0.717) is 43.4 Å². The van der Waals surface area contributed by atoms with Gasteiger partial charge in [0.05, 0.1) is 50.3 Å². The lowest BCUT2D eigenvalue weighted by Gasteiger charge is -2.58. The molecule has 15 N–H and O–H groups in total. The second-order valence-corrected chi connectivity index (χ2v) is 26.6. The molecule has 0 amide bonds. The van der Waals surface area contributed by atoms with Crippen LogP contribution in [-0.2, 0) is 52.1 Å². The Morgan fingerprint density at radius 3 is 1.75 bits per heavy atom. The molecule has 6 heterocycles. The number of hydrogen-bond acceptors (Lipinski definition) is 26. The molecule has 0 spiro atoms. The van der Waals surface area contributed by atoms with Gasteiger partial charge in [0.15, 0.2) is 37.2 Å². The predicted molar refractivity (Wildman–Crippen MR) is 280 cm³/mol. The highest BCUT2D eigenvalue weighted by Crippen LogP contribution is 2.70. The Hall–Kier alpha value is -1.30. The molecule has 26 nitrogen and oxygen atoms in total. The van der Waals surface area contributed by atoms with Crippen LogP contribution in [0.2, 0.25) is 0 Å². The van der Waals surface area contributed by atoms with Crippen LogP contribution in [0, 0.1) is 46.3 Å². The number of allylic oxidation sites excluding steroid dienone is 1. The standard InChI is InChI=1S/C57H94O26/c1-21(20-73-50-42(67)40(65)37(62)32(18-58)78-50)10-15-57(72)22(2)34-31(83-57)17-30-28-9-8-26-16-27(11-13-55(26,6)29(28)12-14-56(30,34)7)77-54-49(82-52-44(69)39(64)36(61)24(4)75-52)46(71)48(33(19-59)79-54)81-53-45(70)41(66)47(25(5)76-53)80-51-43(68)38(63)35(60)23(3)74-51/h8,21-25,27-54,58-72H,9-20H2,1-7H3/t21?,22?,23-,24-,25-,27?,28?,29?,30?,31?,32+,33+,34?,35-,36-,37+,38+,39+,40-,41-,42+,43+,44+,45+,46-,47-,48+,49+,50+,51-,52-,53-,54+,55?,56?,57+/m0/s1. The minimum atomic E-state index is -1.88. The van der Waals surface area contributed by atoms with Crippen LogP contribution in [0.5, 0.6) is 0 Å². The third-order valence-corrected chi connectivity index (χ3v) is 21.5. The maximum atomic E-state index is 12.3. The van der Waals surface area contributed by atoms with E-state index >= 15 is 0 Å². The molecule has 36 atom stereocenters. The maximum absolute atomic E-state index is 12.3. The Bertz CT molecular complexity index is 2200. The summed E-state index contributed by atoms with van der Waals surface area (Å²) in [7, 11) is 0. The number of fused-ring (bicyclic) bond motifs is 7. The Kier molecular flexibility index (Phi) is 19.6. The summed E-state index contributed by atoms with van der Waals surface area (Å²) in [5.41, 5.74) is 0.970. The summed E-state index contributed by atoms with van der Waals surface area (Å²) in [6, 6.07) is 0. The third kappa shape index (κ3) is 11.8.